The highest BCUT2D eigenvalue weighted by Gasteiger charge is 2.28. The number of carbonyl (C=O) groups is 1. The van der Waals surface area contributed by atoms with Gasteiger partial charge in [-0.2, -0.15) is 0 Å². The first kappa shape index (κ1) is 29.1. The normalized spacial score (nSPS) is 13.9. The third kappa shape index (κ3) is 7.47. The van der Waals surface area contributed by atoms with E-state index in [0.29, 0.717) is 29.2 Å². The zero-order valence-electron chi connectivity index (χ0n) is 23.6. The van der Waals surface area contributed by atoms with Gasteiger partial charge in [-0.1, -0.05) is 103 Å². The second-order valence-corrected chi connectivity index (χ2v) is 11.6. The summed E-state index contributed by atoms with van der Waals surface area (Å²) in [6.45, 7) is 6.05. The molecule has 3 aromatic carbocycles. The van der Waals surface area contributed by atoms with Crippen molar-refractivity contribution < 1.29 is 4.79 Å². The molecular formula is C33H36ClN5OS. The van der Waals surface area contributed by atoms with E-state index in [1.807, 2.05) is 36.2 Å². The Balaban J connectivity index is 1.22. The fourth-order valence-electron chi connectivity index (χ4n) is 5.29. The number of carbonyl (C=O) groups excluding carboxylic acids is 1. The summed E-state index contributed by atoms with van der Waals surface area (Å²) in [7, 11) is 2.01. The van der Waals surface area contributed by atoms with E-state index < -0.39 is 0 Å². The van der Waals surface area contributed by atoms with Gasteiger partial charge in [-0.05, 0) is 35.2 Å². The number of amides is 1. The summed E-state index contributed by atoms with van der Waals surface area (Å²) in [6.07, 6.45) is 1.02. The van der Waals surface area contributed by atoms with Gasteiger partial charge in [-0.25, -0.2) is 9.97 Å². The minimum absolute atomic E-state index is 0.0787. The molecule has 0 N–H and O–H groups in total. The van der Waals surface area contributed by atoms with Gasteiger partial charge < -0.3 is 9.80 Å². The SMILES string of the molecule is CCCN(C)c1cc(Cl)nc(SCc2cccc(C(=O)N3CCN(C(c4ccccc4)c4ccccc4)CC3)c2)n1. The molecule has 0 radical (unpaired) electrons. The Morgan fingerprint density at radius 3 is 2.20 bits per heavy atom. The molecule has 0 spiro atoms. The van der Waals surface area contributed by atoms with Gasteiger partial charge in [0.2, 0.25) is 0 Å². The molecule has 4 aromatic rings. The molecule has 1 aliphatic heterocycles. The maximum atomic E-state index is 13.5. The summed E-state index contributed by atoms with van der Waals surface area (Å²) in [5.41, 5.74) is 4.32. The minimum Gasteiger partial charge on any atom is -0.360 e. The van der Waals surface area contributed by atoms with Crippen LogP contribution in [0.25, 0.3) is 0 Å². The number of hydrogen-bond donors (Lipinski definition) is 0. The van der Waals surface area contributed by atoms with E-state index in [9.17, 15) is 4.79 Å². The van der Waals surface area contributed by atoms with Crippen LogP contribution in [0, 0.1) is 0 Å². The largest absolute Gasteiger partial charge is 0.360 e. The Kier molecular flexibility index (Phi) is 9.93. The molecule has 0 aliphatic carbocycles. The number of rotatable bonds is 10. The van der Waals surface area contributed by atoms with E-state index in [-0.39, 0.29) is 11.9 Å². The van der Waals surface area contributed by atoms with Gasteiger partial charge in [0.1, 0.15) is 11.0 Å². The van der Waals surface area contributed by atoms with Crippen LogP contribution in [-0.4, -0.2) is 65.4 Å². The van der Waals surface area contributed by atoms with Gasteiger partial charge in [-0.3, -0.25) is 9.69 Å². The van der Waals surface area contributed by atoms with Crippen LogP contribution in [0.5, 0.6) is 0 Å². The van der Waals surface area contributed by atoms with Crippen LogP contribution in [0.4, 0.5) is 5.82 Å². The van der Waals surface area contributed by atoms with Crippen LogP contribution >= 0.6 is 23.4 Å². The van der Waals surface area contributed by atoms with E-state index in [0.717, 1.165) is 43.0 Å². The molecule has 1 saturated heterocycles. The predicted octanol–water partition coefficient (Wildman–Crippen LogP) is 6.82. The first-order valence-corrected chi connectivity index (χ1v) is 15.5. The summed E-state index contributed by atoms with van der Waals surface area (Å²) in [5, 5.41) is 1.07. The lowest BCUT2D eigenvalue weighted by Gasteiger charge is -2.39. The van der Waals surface area contributed by atoms with E-state index in [1.165, 1.54) is 22.9 Å². The van der Waals surface area contributed by atoms with Crippen molar-refractivity contribution in [3.63, 3.8) is 0 Å². The summed E-state index contributed by atoms with van der Waals surface area (Å²) in [5.74, 6) is 1.55. The van der Waals surface area contributed by atoms with Crippen molar-refractivity contribution in [1.29, 1.82) is 0 Å². The molecular weight excluding hydrogens is 550 g/mol. The Bertz CT molecular complexity index is 1390. The van der Waals surface area contributed by atoms with Crippen molar-refractivity contribution in [2.45, 2.75) is 30.3 Å². The van der Waals surface area contributed by atoms with Crippen LogP contribution in [0.1, 0.15) is 46.4 Å². The quantitative estimate of drug-likeness (QED) is 0.116. The van der Waals surface area contributed by atoms with Crippen molar-refractivity contribution >= 4 is 35.1 Å². The molecule has 0 unspecified atom stereocenters. The summed E-state index contributed by atoms with van der Waals surface area (Å²) in [4.78, 5) is 29.1. The third-order valence-corrected chi connectivity index (χ3v) is 8.46. The van der Waals surface area contributed by atoms with Crippen molar-refractivity contribution in [3.05, 3.63) is 118 Å². The molecule has 1 aromatic heterocycles. The monoisotopic (exact) mass is 585 g/mol. The third-order valence-electron chi connectivity index (χ3n) is 7.35. The predicted molar refractivity (Wildman–Crippen MR) is 169 cm³/mol. The first-order valence-electron chi connectivity index (χ1n) is 14.1. The number of hydrogen-bond acceptors (Lipinski definition) is 6. The number of halogens is 1. The average molecular weight is 586 g/mol. The average Bonchev–Trinajstić information content (AvgIpc) is 3.01. The van der Waals surface area contributed by atoms with Gasteiger partial charge in [0.15, 0.2) is 5.16 Å². The number of nitrogens with zero attached hydrogens (tertiary/aromatic N) is 5. The number of anilines is 1. The highest BCUT2D eigenvalue weighted by Crippen LogP contribution is 2.30. The lowest BCUT2D eigenvalue weighted by molar-refractivity contribution is 0.0597. The molecule has 1 amide bonds. The molecule has 1 fully saturated rings. The van der Waals surface area contributed by atoms with Crippen LogP contribution in [0.3, 0.4) is 0 Å². The topological polar surface area (TPSA) is 52.6 Å². The molecule has 0 atom stereocenters. The molecule has 8 heteroatoms. The van der Waals surface area contributed by atoms with Crippen molar-refractivity contribution in [2.24, 2.45) is 0 Å². The maximum absolute atomic E-state index is 13.5. The zero-order chi connectivity index (χ0) is 28.6. The minimum atomic E-state index is 0.0787. The number of benzene rings is 3. The molecule has 212 valence electrons. The molecule has 41 heavy (non-hydrogen) atoms. The van der Waals surface area contributed by atoms with E-state index >= 15 is 0 Å². The van der Waals surface area contributed by atoms with Crippen LogP contribution in [0.2, 0.25) is 5.15 Å². The first-order chi connectivity index (χ1) is 20.0. The van der Waals surface area contributed by atoms with E-state index in [4.69, 9.17) is 11.6 Å². The Labute approximate surface area is 252 Å². The van der Waals surface area contributed by atoms with Crippen LogP contribution < -0.4 is 4.90 Å². The van der Waals surface area contributed by atoms with Gasteiger partial charge in [0.05, 0.1) is 6.04 Å². The Morgan fingerprint density at radius 1 is 0.902 bits per heavy atom. The molecule has 0 saturated carbocycles. The van der Waals surface area contributed by atoms with Crippen molar-refractivity contribution in [3.8, 4) is 0 Å². The Hall–Kier alpha value is -3.39. The summed E-state index contributed by atoms with van der Waals surface area (Å²) in [6, 6.07) is 31.1. The molecule has 6 nitrogen and oxygen atoms in total. The maximum Gasteiger partial charge on any atom is 0.253 e. The lowest BCUT2D eigenvalue weighted by atomic mass is 9.96. The Morgan fingerprint density at radius 2 is 1.56 bits per heavy atom. The molecule has 0 bridgehead atoms. The highest BCUT2D eigenvalue weighted by molar-refractivity contribution is 7.98. The summed E-state index contributed by atoms with van der Waals surface area (Å²) < 4.78 is 0. The van der Waals surface area contributed by atoms with Crippen molar-refractivity contribution in [2.75, 3.05) is 44.7 Å². The fourth-order valence-corrected chi connectivity index (χ4v) is 6.31. The van der Waals surface area contributed by atoms with Crippen LogP contribution in [-0.2, 0) is 5.75 Å². The zero-order valence-corrected chi connectivity index (χ0v) is 25.2. The smallest absolute Gasteiger partial charge is 0.253 e. The van der Waals surface area contributed by atoms with Crippen molar-refractivity contribution in [1.82, 2.24) is 19.8 Å². The van der Waals surface area contributed by atoms with E-state index in [1.54, 1.807) is 6.07 Å². The standard InChI is InChI=1S/C33H36ClN5OS/c1-3-17-37(2)30-23-29(34)35-33(36-30)41-24-25-11-10-16-28(22-25)32(40)39-20-18-38(19-21-39)31(26-12-6-4-7-13-26)27-14-8-5-9-15-27/h4-16,22-23,31H,3,17-21,24H2,1-2H3. The second-order valence-electron chi connectivity index (χ2n) is 10.3. The second kappa shape index (κ2) is 14.0. The van der Waals surface area contributed by atoms with Gasteiger partial charge in [0.25, 0.3) is 5.91 Å². The number of aromatic nitrogens is 2. The summed E-state index contributed by atoms with van der Waals surface area (Å²) >= 11 is 7.81. The number of piperazine rings is 1. The highest BCUT2D eigenvalue weighted by atomic mass is 35.5. The van der Waals surface area contributed by atoms with Gasteiger partial charge in [0, 0.05) is 57.2 Å². The molecule has 2 heterocycles. The van der Waals surface area contributed by atoms with Gasteiger partial charge >= 0.3 is 0 Å². The fraction of sp³-hybridized carbons (Fsp3) is 0.303. The molecule has 1 aliphatic rings. The van der Waals surface area contributed by atoms with Gasteiger partial charge in [-0.15, -0.1) is 0 Å². The number of thioether (sulfide) groups is 1. The lowest BCUT2D eigenvalue weighted by Crippen LogP contribution is -2.49. The molecule has 5 rings (SSSR count). The van der Waals surface area contributed by atoms with E-state index in [2.05, 4.69) is 87.4 Å². The van der Waals surface area contributed by atoms with Crippen LogP contribution in [0.15, 0.2) is 96.2 Å².